The molecule has 1 fully saturated rings. The van der Waals surface area contributed by atoms with E-state index in [9.17, 15) is 0 Å². The van der Waals surface area contributed by atoms with Crippen LogP contribution in [0, 0.1) is 17.2 Å². The van der Waals surface area contributed by atoms with Gasteiger partial charge in [0.2, 0.25) is 0 Å². The molecule has 0 radical (unpaired) electrons. The SMILES string of the molecule is CCCC1CCN(C(C#N)CC)C1=S. The molecule has 0 N–H and O–H groups in total. The van der Waals surface area contributed by atoms with Crippen molar-refractivity contribution in [1.82, 2.24) is 4.90 Å². The summed E-state index contributed by atoms with van der Waals surface area (Å²) < 4.78 is 0. The van der Waals surface area contributed by atoms with Crippen LogP contribution >= 0.6 is 12.2 Å². The molecule has 1 aliphatic rings. The zero-order chi connectivity index (χ0) is 10.6. The standard InChI is InChI=1S/C11H18N2S/c1-3-5-9-6-7-13(11(9)14)10(4-2)8-12/h9-10H,3-7H2,1-2H3. The predicted octanol–water partition coefficient (Wildman–Crippen LogP) is 2.74. The monoisotopic (exact) mass is 210 g/mol. The van der Waals surface area contributed by atoms with Gasteiger partial charge in [-0.15, -0.1) is 0 Å². The molecule has 0 saturated carbocycles. The van der Waals surface area contributed by atoms with Crippen LogP contribution in [0.5, 0.6) is 0 Å². The van der Waals surface area contributed by atoms with Crippen LogP contribution in [0.25, 0.3) is 0 Å². The largest absolute Gasteiger partial charge is 0.350 e. The number of thiocarbonyl (C=S) groups is 1. The lowest BCUT2D eigenvalue weighted by Gasteiger charge is -2.23. The van der Waals surface area contributed by atoms with Gasteiger partial charge >= 0.3 is 0 Å². The number of likely N-dealkylation sites (tertiary alicyclic amines) is 1. The van der Waals surface area contributed by atoms with Gasteiger partial charge in [-0.1, -0.05) is 32.5 Å². The maximum atomic E-state index is 8.97. The van der Waals surface area contributed by atoms with E-state index in [2.05, 4.69) is 17.9 Å². The van der Waals surface area contributed by atoms with Crippen LogP contribution in [0.3, 0.4) is 0 Å². The third-order valence-electron chi connectivity index (χ3n) is 2.90. The Labute approximate surface area is 91.9 Å². The summed E-state index contributed by atoms with van der Waals surface area (Å²) in [7, 11) is 0. The molecule has 1 aliphatic heterocycles. The Kier molecular flexibility index (Phi) is 4.34. The molecule has 0 aliphatic carbocycles. The Morgan fingerprint density at radius 1 is 1.64 bits per heavy atom. The molecule has 0 aromatic heterocycles. The van der Waals surface area contributed by atoms with Gasteiger partial charge in [-0.3, -0.25) is 0 Å². The second kappa shape index (κ2) is 5.31. The molecular formula is C11H18N2S. The zero-order valence-electron chi connectivity index (χ0n) is 8.99. The predicted molar refractivity (Wildman–Crippen MR) is 62.0 cm³/mol. The number of nitrogens with zero attached hydrogens (tertiary/aromatic N) is 2. The van der Waals surface area contributed by atoms with Crippen molar-refractivity contribution in [2.24, 2.45) is 5.92 Å². The molecule has 0 spiro atoms. The summed E-state index contributed by atoms with van der Waals surface area (Å²) in [6.07, 6.45) is 4.37. The van der Waals surface area contributed by atoms with Crippen molar-refractivity contribution in [3.8, 4) is 6.07 Å². The van der Waals surface area contributed by atoms with Gasteiger partial charge in [0.25, 0.3) is 0 Å². The Balaban J connectivity index is 2.59. The second-order valence-corrected chi connectivity index (χ2v) is 4.28. The molecule has 0 aromatic carbocycles. The normalized spacial score (nSPS) is 23.6. The van der Waals surface area contributed by atoms with Crippen LogP contribution in [-0.4, -0.2) is 22.5 Å². The quantitative estimate of drug-likeness (QED) is 0.668. The third kappa shape index (κ3) is 2.24. The fourth-order valence-electron chi connectivity index (χ4n) is 2.07. The fraction of sp³-hybridized carbons (Fsp3) is 0.818. The third-order valence-corrected chi connectivity index (χ3v) is 3.47. The molecule has 14 heavy (non-hydrogen) atoms. The van der Waals surface area contributed by atoms with Crippen molar-refractivity contribution in [2.45, 2.75) is 45.6 Å². The number of nitriles is 1. The first-order chi connectivity index (χ1) is 6.74. The van der Waals surface area contributed by atoms with Gasteiger partial charge in [-0.25, -0.2) is 0 Å². The number of hydrogen-bond acceptors (Lipinski definition) is 2. The molecule has 2 nitrogen and oxygen atoms in total. The van der Waals surface area contributed by atoms with E-state index in [1.54, 1.807) is 0 Å². The number of rotatable bonds is 4. The molecule has 0 amide bonds. The highest BCUT2D eigenvalue weighted by Gasteiger charge is 2.31. The van der Waals surface area contributed by atoms with Gasteiger partial charge in [0.15, 0.2) is 0 Å². The van der Waals surface area contributed by atoms with Crippen molar-refractivity contribution < 1.29 is 0 Å². The topological polar surface area (TPSA) is 27.0 Å². The van der Waals surface area contributed by atoms with E-state index in [1.165, 1.54) is 12.8 Å². The summed E-state index contributed by atoms with van der Waals surface area (Å²) in [5, 5.41) is 8.97. The Morgan fingerprint density at radius 2 is 2.36 bits per heavy atom. The van der Waals surface area contributed by atoms with Crippen molar-refractivity contribution in [2.75, 3.05) is 6.54 Å². The average Bonchev–Trinajstić information content (AvgIpc) is 2.53. The maximum Gasteiger partial charge on any atom is 0.117 e. The minimum atomic E-state index is 0.00403. The van der Waals surface area contributed by atoms with E-state index < -0.39 is 0 Å². The van der Waals surface area contributed by atoms with E-state index in [0.717, 1.165) is 24.4 Å². The van der Waals surface area contributed by atoms with Gasteiger partial charge in [0.05, 0.1) is 11.1 Å². The van der Waals surface area contributed by atoms with Crippen LogP contribution in [0.1, 0.15) is 39.5 Å². The summed E-state index contributed by atoms with van der Waals surface area (Å²) in [5.41, 5.74) is 0. The van der Waals surface area contributed by atoms with Gasteiger partial charge in [0.1, 0.15) is 6.04 Å². The molecule has 0 bridgehead atoms. The van der Waals surface area contributed by atoms with Gasteiger partial charge < -0.3 is 4.90 Å². The van der Waals surface area contributed by atoms with Crippen LogP contribution in [-0.2, 0) is 0 Å². The summed E-state index contributed by atoms with van der Waals surface area (Å²) in [4.78, 5) is 3.15. The maximum absolute atomic E-state index is 8.97. The van der Waals surface area contributed by atoms with E-state index in [1.807, 2.05) is 6.92 Å². The lowest BCUT2D eigenvalue weighted by molar-refractivity contribution is 0.389. The average molecular weight is 210 g/mol. The highest BCUT2D eigenvalue weighted by atomic mass is 32.1. The summed E-state index contributed by atoms with van der Waals surface area (Å²) in [6.45, 7) is 5.21. The molecular weight excluding hydrogens is 192 g/mol. The highest BCUT2D eigenvalue weighted by molar-refractivity contribution is 7.80. The number of hydrogen-bond donors (Lipinski definition) is 0. The fourth-order valence-corrected chi connectivity index (χ4v) is 2.52. The zero-order valence-corrected chi connectivity index (χ0v) is 9.81. The van der Waals surface area contributed by atoms with Crippen LogP contribution in [0.4, 0.5) is 0 Å². The summed E-state index contributed by atoms with van der Waals surface area (Å²) >= 11 is 5.41. The minimum absolute atomic E-state index is 0.00403. The van der Waals surface area contributed by atoms with Gasteiger partial charge in [0, 0.05) is 12.5 Å². The first kappa shape index (κ1) is 11.5. The molecule has 1 heterocycles. The van der Waals surface area contributed by atoms with Crippen molar-refractivity contribution in [1.29, 1.82) is 5.26 Å². The molecule has 1 rings (SSSR count). The molecule has 3 heteroatoms. The molecule has 2 atom stereocenters. The summed E-state index contributed by atoms with van der Waals surface area (Å²) in [5.74, 6) is 0.553. The molecule has 2 unspecified atom stereocenters. The Morgan fingerprint density at radius 3 is 2.86 bits per heavy atom. The van der Waals surface area contributed by atoms with E-state index in [0.29, 0.717) is 5.92 Å². The van der Waals surface area contributed by atoms with Gasteiger partial charge in [-0.2, -0.15) is 5.26 Å². The van der Waals surface area contributed by atoms with Crippen molar-refractivity contribution in [3.05, 3.63) is 0 Å². The van der Waals surface area contributed by atoms with Gasteiger partial charge in [-0.05, 0) is 19.3 Å². The van der Waals surface area contributed by atoms with E-state index >= 15 is 0 Å². The van der Waals surface area contributed by atoms with E-state index in [-0.39, 0.29) is 6.04 Å². The first-order valence-electron chi connectivity index (χ1n) is 5.44. The minimum Gasteiger partial charge on any atom is -0.350 e. The summed E-state index contributed by atoms with van der Waals surface area (Å²) in [6, 6.07) is 2.33. The second-order valence-electron chi connectivity index (χ2n) is 3.86. The van der Waals surface area contributed by atoms with Crippen LogP contribution < -0.4 is 0 Å². The van der Waals surface area contributed by atoms with Crippen molar-refractivity contribution in [3.63, 3.8) is 0 Å². The molecule has 1 saturated heterocycles. The lowest BCUT2D eigenvalue weighted by Crippen LogP contribution is -2.35. The lowest BCUT2D eigenvalue weighted by atomic mass is 10.0. The smallest absolute Gasteiger partial charge is 0.117 e. The Bertz CT molecular complexity index is 244. The highest BCUT2D eigenvalue weighted by Crippen LogP contribution is 2.26. The van der Waals surface area contributed by atoms with Crippen molar-refractivity contribution >= 4 is 17.2 Å². The molecule has 0 aromatic rings. The van der Waals surface area contributed by atoms with Crippen LogP contribution in [0.15, 0.2) is 0 Å². The molecule has 78 valence electrons. The Hall–Kier alpha value is -0.620. The van der Waals surface area contributed by atoms with Crippen LogP contribution in [0.2, 0.25) is 0 Å². The first-order valence-corrected chi connectivity index (χ1v) is 5.85. The van der Waals surface area contributed by atoms with E-state index in [4.69, 9.17) is 17.5 Å².